The molecule has 0 aliphatic carbocycles. The van der Waals surface area contributed by atoms with Gasteiger partial charge in [-0.15, -0.1) is 0 Å². The monoisotopic (exact) mass is 273 g/mol. The Morgan fingerprint density at radius 1 is 1.00 bits per heavy atom. The summed E-state index contributed by atoms with van der Waals surface area (Å²) < 4.78 is 0. The highest BCUT2D eigenvalue weighted by molar-refractivity contribution is 7.93. The standard InChI is InChI=1S/C17H23NS/c1-11(2)15-8-7-9-16(12(3)4)17(15)18-10-19-14(6)13(18)5/h7-9,11-12H,1-6H3. The predicted octanol–water partition coefficient (Wildman–Crippen LogP) is 5.65. The highest BCUT2D eigenvalue weighted by Gasteiger charge is 2.22. The average molecular weight is 273 g/mol. The number of anilines is 1. The molecule has 0 spiro atoms. The van der Waals surface area contributed by atoms with Crippen LogP contribution in [0.2, 0.25) is 0 Å². The molecule has 0 aromatic heterocycles. The van der Waals surface area contributed by atoms with Crippen molar-refractivity contribution in [1.29, 1.82) is 0 Å². The Balaban J connectivity index is 2.65. The first-order valence-corrected chi connectivity index (χ1v) is 7.78. The summed E-state index contributed by atoms with van der Waals surface area (Å²) in [4.78, 5) is 3.60. The van der Waals surface area contributed by atoms with Crippen LogP contribution in [-0.2, 0) is 0 Å². The largest absolute Gasteiger partial charge is 0.270 e. The molecule has 2 rings (SSSR count). The zero-order valence-corrected chi connectivity index (χ0v) is 13.6. The molecule has 19 heavy (non-hydrogen) atoms. The van der Waals surface area contributed by atoms with E-state index < -0.39 is 0 Å². The van der Waals surface area contributed by atoms with Crippen LogP contribution in [0, 0.1) is 5.31 Å². The number of allylic oxidation sites excluding steroid dienone is 2. The van der Waals surface area contributed by atoms with Crippen LogP contribution in [0.5, 0.6) is 0 Å². The lowest BCUT2D eigenvalue weighted by Gasteiger charge is -2.26. The molecular formula is C17H23NS. The van der Waals surface area contributed by atoms with Crippen molar-refractivity contribution in [3.63, 3.8) is 0 Å². The van der Waals surface area contributed by atoms with Crippen LogP contribution in [0.3, 0.4) is 0 Å². The lowest BCUT2D eigenvalue weighted by molar-refractivity contribution is 0.828. The summed E-state index contributed by atoms with van der Waals surface area (Å²) >= 11 is 1.70. The molecule has 2 heteroatoms. The molecule has 0 atom stereocenters. The van der Waals surface area contributed by atoms with E-state index in [1.165, 1.54) is 27.4 Å². The number of para-hydroxylation sites is 1. The molecule has 0 radical (unpaired) electrons. The minimum atomic E-state index is 0.522. The van der Waals surface area contributed by atoms with Crippen molar-refractivity contribution in [3.8, 4) is 5.31 Å². The highest BCUT2D eigenvalue weighted by Crippen LogP contribution is 2.39. The SMILES string of the molecule is CC1=C(C)N(c2c(C(C)C)cccc2C(C)C)C#S1. The summed E-state index contributed by atoms with van der Waals surface area (Å²) in [5.41, 5.74) is 5.47. The molecule has 0 bridgehead atoms. The first-order chi connectivity index (χ1) is 8.93. The van der Waals surface area contributed by atoms with E-state index in [0.29, 0.717) is 11.8 Å². The third-order valence-corrected chi connectivity index (χ3v) is 4.58. The Morgan fingerprint density at radius 3 is 1.89 bits per heavy atom. The van der Waals surface area contributed by atoms with Gasteiger partial charge in [-0.25, -0.2) is 0 Å². The molecule has 0 fully saturated rings. The van der Waals surface area contributed by atoms with Gasteiger partial charge in [-0.3, -0.25) is 4.90 Å². The molecule has 0 N–H and O–H groups in total. The van der Waals surface area contributed by atoms with Crippen molar-refractivity contribution < 1.29 is 0 Å². The van der Waals surface area contributed by atoms with Gasteiger partial charge in [0.25, 0.3) is 0 Å². The molecule has 1 aromatic carbocycles. The molecule has 0 amide bonds. The fourth-order valence-electron chi connectivity index (χ4n) is 2.40. The smallest absolute Gasteiger partial charge is 0.0613 e. The second-order valence-corrected chi connectivity index (χ2v) is 6.76. The molecule has 0 saturated carbocycles. The van der Waals surface area contributed by atoms with Crippen molar-refractivity contribution >= 4 is 16.9 Å². The van der Waals surface area contributed by atoms with E-state index in [1.807, 2.05) is 0 Å². The van der Waals surface area contributed by atoms with E-state index in [1.54, 1.807) is 11.2 Å². The molecule has 1 nitrogen and oxygen atoms in total. The quantitative estimate of drug-likeness (QED) is 0.687. The van der Waals surface area contributed by atoms with E-state index in [4.69, 9.17) is 0 Å². The van der Waals surface area contributed by atoms with E-state index in [0.717, 1.165) is 0 Å². The fourth-order valence-corrected chi connectivity index (χ4v) is 3.09. The summed E-state index contributed by atoms with van der Waals surface area (Å²) in [5.74, 6) is 1.04. The van der Waals surface area contributed by atoms with Crippen LogP contribution in [0.4, 0.5) is 5.69 Å². The lowest BCUT2D eigenvalue weighted by atomic mass is 9.92. The highest BCUT2D eigenvalue weighted by atomic mass is 32.1. The second-order valence-electron chi connectivity index (χ2n) is 5.76. The Hall–Kier alpha value is -1.24. The van der Waals surface area contributed by atoms with Crippen LogP contribution >= 0.6 is 11.2 Å². The maximum absolute atomic E-state index is 3.44. The Labute approximate surface area is 120 Å². The molecule has 1 aliphatic rings. The van der Waals surface area contributed by atoms with E-state index in [9.17, 15) is 0 Å². The molecule has 1 aromatic rings. The molecule has 0 saturated heterocycles. The maximum Gasteiger partial charge on any atom is 0.0613 e. The van der Waals surface area contributed by atoms with Crippen LogP contribution in [0.25, 0.3) is 0 Å². The molecule has 1 aliphatic heterocycles. The fraction of sp³-hybridized carbons (Fsp3) is 0.471. The maximum atomic E-state index is 3.44. The molecule has 102 valence electrons. The van der Waals surface area contributed by atoms with Gasteiger partial charge >= 0.3 is 0 Å². The minimum absolute atomic E-state index is 0.522. The van der Waals surface area contributed by atoms with Gasteiger partial charge in [0.15, 0.2) is 0 Å². The third kappa shape index (κ3) is 2.56. The third-order valence-electron chi connectivity index (χ3n) is 3.70. The summed E-state index contributed by atoms with van der Waals surface area (Å²) in [6.07, 6.45) is 0. The zero-order chi connectivity index (χ0) is 14.2. The molecule has 1 heterocycles. The number of hydrogen-bond donors (Lipinski definition) is 0. The first kappa shape index (κ1) is 14.2. The van der Waals surface area contributed by atoms with Crippen molar-refractivity contribution in [2.75, 3.05) is 4.90 Å². The summed E-state index contributed by atoms with van der Waals surface area (Å²) in [7, 11) is 0. The van der Waals surface area contributed by atoms with Crippen molar-refractivity contribution in [2.45, 2.75) is 53.4 Å². The van der Waals surface area contributed by atoms with E-state index in [2.05, 4.69) is 69.9 Å². The predicted molar refractivity (Wildman–Crippen MR) is 87.0 cm³/mol. The van der Waals surface area contributed by atoms with Crippen molar-refractivity contribution in [2.24, 2.45) is 0 Å². The first-order valence-electron chi connectivity index (χ1n) is 6.96. The van der Waals surface area contributed by atoms with Crippen LogP contribution < -0.4 is 4.90 Å². The van der Waals surface area contributed by atoms with Gasteiger partial charge in [0.05, 0.1) is 5.69 Å². The Kier molecular flexibility index (Phi) is 4.03. The van der Waals surface area contributed by atoms with Crippen molar-refractivity contribution in [1.82, 2.24) is 0 Å². The van der Waals surface area contributed by atoms with Gasteiger partial charge in [-0.2, -0.15) is 0 Å². The topological polar surface area (TPSA) is 3.24 Å². The van der Waals surface area contributed by atoms with Gasteiger partial charge in [0, 0.05) is 15.9 Å². The molecule has 0 unspecified atom stereocenters. The van der Waals surface area contributed by atoms with Gasteiger partial charge in [-0.1, -0.05) is 57.1 Å². The summed E-state index contributed by atoms with van der Waals surface area (Å²) in [5, 5.41) is 3.44. The number of rotatable bonds is 3. The van der Waals surface area contributed by atoms with E-state index in [-0.39, 0.29) is 0 Å². The van der Waals surface area contributed by atoms with Crippen LogP contribution in [0.1, 0.15) is 64.5 Å². The van der Waals surface area contributed by atoms with Gasteiger partial charge in [0.1, 0.15) is 0 Å². The van der Waals surface area contributed by atoms with Crippen molar-refractivity contribution in [3.05, 3.63) is 39.9 Å². The second kappa shape index (κ2) is 5.40. The van der Waals surface area contributed by atoms with Crippen LogP contribution in [-0.4, -0.2) is 0 Å². The van der Waals surface area contributed by atoms with Crippen LogP contribution in [0.15, 0.2) is 28.8 Å². The zero-order valence-electron chi connectivity index (χ0n) is 12.7. The Bertz CT molecular complexity index is 559. The summed E-state index contributed by atoms with van der Waals surface area (Å²) in [6.45, 7) is 13.4. The lowest BCUT2D eigenvalue weighted by Crippen LogP contribution is -2.17. The Morgan fingerprint density at radius 2 is 1.53 bits per heavy atom. The average Bonchev–Trinajstić information content (AvgIpc) is 2.68. The number of hydrogen-bond acceptors (Lipinski definition) is 1. The van der Waals surface area contributed by atoms with Gasteiger partial charge < -0.3 is 0 Å². The molecular weight excluding hydrogens is 250 g/mol. The number of nitrogens with zero attached hydrogens (tertiary/aromatic N) is 1. The van der Waals surface area contributed by atoms with Gasteiger partial charge in [0.2, 0.25) is 0 Å². The number of benzene rings is 1. The van der Waals surface area contributed by atoms with Gasteiger partial charge in [-0.05, 0) is 36.8 Å². The van der Waals surface area contributed by atoms with E-state index >= 15 is 0 Å². The normalized spacial score (nSPS) is 14.8. The minimum Gasteiger partial charge on any atom is -0.270 e. The summed E-state index contributed by atoms with van der Waals surface area (Å²) in [6, 6.07) is 6.68.